The van der Waals surface area contributed by atoms with Gasteiger partial charge in [0.1, 0.15) is 5.69 Å². The van der Waals surface area contributed by atoms with Crippen LogP contribution in [0, 0.1) is 6.92 Å². The highest BCUT2D eigenvalue weighted by Gasteiger charge is 2.22. The summed E-state index contributed by atoms with van der Waals surface area (Å²) in [4.78, 5) is 16.8. The number of aryl methyl sites for hydroxylation is 2. The van der Waals surface area contributed by atoms with E-state index in [-0.39, 0.29) is 0 Å². The van der Waals surface area contributed by atoms with Crippen LogP contribution in [0.1, 0.15) is 61.1 Å². The van der Waals surface area contributed by atoms with Gasteiger partial charge in [0.2, 0.25) is 5.91 Å². The van der Waals surface area contributed by atoms with Gasteiger partial charge in [-0.1, -0.05) is 19.3 Å². The lowest BCUT2D eigenvalue weighted by atomic mass is 9.95. The lowest BCUT2D eigenvalue weighted by molar-refractivity contribution is 0.100. The minimum Gasteiger partial charge on any atom is -0.366 e. The molecular weight excluding hydrogens is 392 g/mol. The minimum absolute atomic E-state index is 0.340. The lowest BCUT2D eigenvalue weighted by Gasteiger charge is -2.23. The summed E-state index contributed by atoms with van der Waals surface area (Å²) in [7, 11) is 0. The Morgan fingerprint density at radius 1 is 1.23 bits per heavy atom. The Kier molecular flexibility index (Phi) is 4.80. The summed E-state index contributed by atoms with van der Waals surface area (Å²) in [6.07, 6.45) is 7.70. The van der Waals surface area contributed by atoms with Crippen LogP contribution in [-0.4, -0.2) is 40.6 Å². The van der Waals surface area contributed by atoms with Crippen molar-refractivity contribution in [1.29, 1.82) is 0 Å². The SMILES string of the molecule is CCn1nc(C)cc1-c1nc(-c2cc(C(N)=O)cc3c2cnn3C2CCCCC2)n[nH]1. The average molecular weight is 419 g/mol. The van der Waals surface area contributed by atoms with E-state index in [1.807, 2.05) is 41.5 Å². The number of hydrogen-bond donors (Lipinski definition) is 2. The number of primary amides is 1. The summed E-state index contributed by atoms with van der Waals surface area (Å²) in [5.74, 6) is 0.664. The molecule has 5 rings (SSSR count). The van der Waals surface area contributed by atoms with E-state index in [1.165, 1.54) is 19.3 Å². The lowest BCUT2D eigenvalue weighted by Crippen LogP contribution is -2.15. The first-order valence-electron chi connectivity index (χ1n) is 10.8. The third-order valence-electron chi connectivity index (χ3n) is 6.09. The quantitative estimate of drug-likeness (QED) is 0.513. The summed E-state index contributed by atoms with van der Waals surface area (Å²) >= 11 is 0. The predicted molar refractivity (Wildman–Crippen MR) is 117 cm³/mol. The number of amides is 1. The smallest absolute Gasteiger partial charge is 0.248 e. The topological polar surface area (TPSA) is 120 Å². The highest BCUT2D eigenvalue weighted by molar-refractivity contribution is 6.02. The number of rotatable bonds is 5. The van der Waals surface area contributed by atoms with E-state index in [0.717, 1.165) is 47.2 Å². The molecule has 1 aliphatic rings. The van der Waals surface area contributed by atoms with Gasteiger partial charge >= 0.3 is 0 Å². The molecule has 3 heterocycles. The number of fused-ring (bicyclic) bond motifs is 1. The third kappa shape index (κ3) is 3.39. The molecule has 9 heteroatoms. The Morgan fingerprint density at radius 2 is 2.03 bits per heavy atom. The van der Waals surface area contributed by atoms with Crippen LogP contribution in [0.2, 0.25) is 0 Å². The molecule has 0 atom stereocenters. The zero-order valence-electron chi connectivity index (χ0n) is 17.8. The van der Waals surface area contributed by atoms with Crippen molar-refractivity contribution in [2.75, 3.05) is 0 Å². The fraction of sp³-hybridized carbons (Fsp3) is 0.409. The standard InChI is InChI=1S/C22H26N8O/c1-3-29-19(9-13(2)28-29)22-25-21(26-27-22)16-10-14(20(23)31)11-18-17(16)12-24-30(18)15-7-5-4-6-8-15/h9-12,15H,3-8H2,1-2H3,(H2,23,31)(H,25,26,27). The molecule has 0 unspecified atom stereocenters. The minimum atomic E-state index is -0.477. The number of hydrogen-bond acceptors (Lipinski definition) is 5. The molecule has 0 saturated heterocycles. The molecule has 31 heavy (non-hydrogen) atoms. The Balaban J connectivity index is 1.63. The normalized spacial score (nSPS) is 15.0. The molecule has 160 valence electrons. The van der Waals surface area contributed by atoms with Crippen LogP contribution in [0.15, 0.2) is 24.4 Å². The number of nitrogens with two attached hydrogens (primary N) is 1. The zero-order valence-corrected chi connectivity index (χ0v) is 17.8. The molecule has 0 aliphatic heterocycles. The van der Waals surface area contributed by atoms with Crippen LogP contribution in [0.5, 0.6) is 0 Å². The first kappa shape index (κ1) is 19.5. The van der Waals surface area contributed by atoms with E-state index >= 15 is 0 Å². The maximum absolute atomic E-state index is 12.1. The van der Waals surface area contributed by atoms with E-state index in [4.69, 9.17) is 10.7 Å². The molecule has 4 aromatic rings. The molecule has 1 amide bonds. The molecule has 3 aromatic heterocycles. The second kappa shape index (κ2) is 7.64. The van der Waals surface area contributed by atoms with Gasteiger partial charge in [0.05, 0.1) is 23.4 Å². The van der Waals surface area contributed by atoms with Gasteiger partial charge in [0.15, 0.2) is 11.6 Å². The zero-order chi connectivity index (χ0) is 21.5. The summed E-state index contributed by atoms with van der Waals surface area (Å²) in [5, 5.41) is 17.6. The molecule has 1 aromatic carbocycles. The van der Waals surface area contributed by atoms with Gasteiger partial charge in [0, 0.05) is 23.1 Å². The average Bonchev–Trinajstić information content (AvgIpc) is 3.51. The number of nitrogens with zero attached hydrogens (tertiary/aromatic N) is 6. The van der Waals surface area contributed by atoms with Gasteiger partial charge in [-0.2, -0.15) is 15.3 Å². The van der Waals surface area contributed by atoms with E-state index in [9.17, 15) is 4.79 Å². The molecule has 1 aliphatic carbocycles. The molecule has 0 bridgehead atoms. The van der Waals surface area contributed by atoms with Crippen molar-refractivity contribution in [3.8, 4) is 22.9 Å². The number of carbonyl (C=O) groups is 1. The Morgan fingerprint density at radius 3 is 2.77 bits per heavy atom. The first-order chi connectivity index (χ1) is 15.0. The second-order valence-corrected chi connectivity index (χ2v) is 8.20. The molecule has 0 spiro atoms. The number of aromatic amines is 1. The maximum Gasteiger partial charge on any atom is 0.248 e. The monoisotopic (exact) mass is 418 g/mol. The molecule has 0 radical (unpaired) electrons. The van der Waals surface area contributed by atoms with Crippen molar-refractivity contribution >= 4 is 16.8 Å². The van der Waals surface area contributed by atoms with Gasteiger partial charge in [-0.25, -0.2) is 4.98 Å². The van der Waals surface area contributed by atoms with Gasteiger partial charge in [-0.05, 0) is 44.9 Å². The van der Waals surface area contributed by atoms with Crippen molar-refractivity contribution < 1.29 is 4.79 Å². The summed E-state index contributed by atoms with van der Waals surface area (Å²) in [6.45, 7) is 4.72. The van der Waals surface area contributed by atoms with E-state index < -0.39 is 5.91 Å². The summed E-state index contributed by atoms with van der Waals surface area (Å²) < 4.78 is 3.93. The van der Waals surface area contributed by atoms with Crippen LogP contribution in [-0.2, 0) is 6.54 Å². The maximum atomic E-state index is 12.1. The van der Waals surface area contributed by atoms with Crippen LogP contribution in [0.4, 0.5) is 0 Å². The van der Waals surface area contributed by atoms with Crippen LogP contribution >= 0.6 is 0 Å². The molecule has 3 N–H and O–H groups in total. The molecule has 1 saturated carbocycles. The predicted octanol–water partition coefficient (Wildman–Crippen LogP) is 3.62. The second-order valence-electron chi connectivity index (χ2n) is 8.20. The van der Waals surface area contributed by atoms with Crippen molar-refractivity contribution in [2.24, 2.45) is 5.73 Å². The highest BCUT2D eigenvalue weighted by Crippen LogP contribution is 2.34. The Hall–Kier alpha value is -3.49. The van der Waals surface area contributed by atoms with E-state index in [1.54, 1.807) is 6.07 Å². The molecule has 9 nitrogen and oxygen atoms in total. The van der Waals surface area contributed by atoms with Crippen molar-refractivity contribution in [1.82, 2.24) is 34.7 Å². The largest absolute Gasteiger partial charge is 0.366 e. The highest BCUT2D eigenvalue weighted by atomic mass is 16.1. The Bertz CT molecular complexity index is 1260. The van der Waals surface area contributed by atoms with Gasteiger partial charge < -0.3 is 5.73 Å². The van der Waals surface area contributed by atoms with Gasteiger partial charge in [-0.15, -0.1) is 0 Å². The van der Waals surface area contributed by atoms with Crippen LogP contribution in [0.25, 0.3) is 33.8 Å². The van der Waals surface area contributed by atoms with Crippen molar-refractivity contribution in [2.45, 2.75) is 58.5 Å². The first-order valence-corrected chi connectivity index (χ1v) is 10.8. The van der Waals surface area contributed by atoms with Crippen LogP contribution in [0.3, 0.4) is 0 Å². The fourth-order valence-electron chi connectivity index (χ4n) is 4.56. The van der Waals surface area contributed by atoms with E-state index in [2.05, 4.69) is 20.4 Å². The van der Waals surface area contributed by atoms with Crippen LogP contribution < -0.4 is 5.73 Å². The van der Waals surface area contributed by atoms with E-state index in [0.29, 0.717) is 23.3 Å². The summed E-state index contributed by atoms with van der Waals surface area (Å²) in [6, 6.07) is 5.91. The number of H-pyrrole nitrogens is 1. The molecular formula is C22H26N8O. The summed E-state index contributed by atoms with van der Waals surface area (Å²) in [5.41, 5.74) is 9.53. The van der Waals surface area contributed by atoms with Crippen molar-refractivity contribution in [3.05, 3.63) is 35.7 Å². The van der Waals surface area contributed by atoms with Gasteiger partial charge in [0.25, 0.3) is 0 Å². The molecule has 1 fully saturated rings. The number of aromatic nitrogens is 7. The number of nitrogens with one attached hydrogen (secondary N) is 1. The van der Waals surface area contributed by atoms with Gasteiger partial charge in [-0.3, -0.25) is 19.3 Å². The number of benzene rings is 1. The third-order valence-corrected chi connectivity index (χ3v) is 6.09. The Labute approximate surface area is 179 Å². The fourth-order valence-corrected chi connectivity index (χ4v) is 4.56. The van der Waals surface area contributed by atoms with Crippen molar-refractivity contribution in [3.63, 3.8) is 0 Å². The number of carbonyl (C=O) groups excluding carboxylic acids is 1.